The maximum Gasteiger partial charge on any atom is 0.345 e. The molecule has 1 N–H and O–H groups in total. The van der Waals surface area contributed by atoms with Gasteiger partial charge in [0.1, 0.15) is 4.88 Å². The Balaban J connectivity index is 2.50. The van der Waals surface area contributed by atoms with Gasteiger partial charge < -0.3 is 14.7 Å². The van der Waals surface area contributed by atoms with Crippen molar-refractivity contribution >= 4 is 23.0 Å². The van der Waals surface area contributed by atoms with Gasteiger partial charge in [-0.1, -0.05) is 0 Å². The summed E-state index contributed by atoms with van der Waals surface area (Å²) in [5.74, 6) is -0.871. The SMILES string of the molecule is CCOCCN(C)c1csc(C(=O)O)c1. The number of carboxylic acids is 1. The number of nitrogens with zero attached hydrogens (tertiary/aromatic N) is 1. The molecule has 0 atom stereocenters. The first-order valence-corrected chi connectivity index (χ1v) is 5.63. The molecule has 0 aromatic carbocycles. The van der Waals surface area contributed by atoms with Gasteiger partial charge in [-0.3, -0.25) is 0 Å². The summed E-state index contributed by atoms with van der Waals surface area (Å²) in [7, 11) is 1.92. The Hall–Kier alpha value is -1.07. The van der Waals surface area contributed by atoms with Gasteiger partial charge in [0.2, 0.25) is 0 Å². The van der Waals surface area contributed by atoms with Gasteiger partial charge in [0.25, 0.3) is 0 Å². The van der Waals surface area contributed by atoms with Gasteiger partial charge in [0.15, 0.2) is 0 Å². The van der Waals surface area contributed by atoms with Crippen LogP contribution in [0.3, 0.4) is 0 Å². The van der Waals surface area contributed by atoms with Crippen LogP contribution in [0, 0.1) is 0 Å². The highest BCUT2D eigenvalue weighted by atomic mass is 32.1. The summed E-state index contributed by atoms with van der Waals surface area (Å²) in [6, 6.07) is 1.68. The molecule has 1 rings (SSSR count). The molecule has 4 nitrogen and oxygen atoms in total. The number of anilines is 1. The highest BCUT2D eigenvalue weighted by Crippen LogP contribution is 2.21. The first-order chi connectivity index (χ1) is 7.15. The number of carbonyl (C=O) groups is 1. The minimum Gasteiger partial charge on any atom is -0.477 e. The molecule has 84 valence electrons. The number of hydrogen-bond acceptors (Lipinski definition) is 4. The molecule has 0 saturated carbocycles. The Morgan fingerprint density at radius 2 is 2.40 bits per heavy atom. The molecule has 0 spiro atoms. The van der Waals surface area contributed by atoms with Gasteiger partial charge in [-0.25, -0.2) is 4.79 Å². The normalized spacial score (nSPS) is 10.3. The zero-order valence-corrected chi connectivity index (χ0v) is 9.71. The second-order valence-electron chi connectivity index (χ2n) is 3.09. The zero-order chi connectivity index (χ0) is 11.3. The van der Waals surface area contributed by atoms with E-state index in [0.717, 1.165) is 12.2 Å². The molecule has 0 aliphatic rings. The Bertz CT molecular complexity index is 324. The molecular weight excluding hydrogens is 214 g/mol. The summed E-state index contributed by atoms with van der Waals surface area (Å²) in [6.07, 6.45) is 0. The van der Waals surface area contributed by atoms with Crippen LogP contribution >= 0.6 is 11.3 Å². The number of hydrogen-bond donors (Lipinski definition) is 1. The number of likely N-dealkylation sites (N-methyl/N-ethyl adjacent to an activating group) is 1. The van der Waals surface area contributed by atoms with Crippen molar-refractivity contribution in [2.75, 3.05) is 31.7 Å². The molecule has 5 heteroatoms. The summed E-state index contributed by atoms with van der Waals surface area (Å²) in [5.41, 5.74) is 0.928. The molecule has 0 amide bonds. The van der Waals surface area contributed by atoms with Crippen LogP contribution in [0.2, 0.25) is 0 Å². The van der Waals surface area contributed by atoms with Crippen LogP contribution in [0.15, 0.2) is 11.4 Å². The van der Waals surface area contributed by atoms with Crippen molar-refractivity contribution in [2.24, 2.45) is 0 Å². The van der Waals surface area contributed by atoms with Crippen LogP contribution in [0.1, 0.15) is 16.6 Å². The molecule has 1 aromatic rings. The predicted molar refractivity (Wildman–Crippen MR) is 61.0 cm³/mol. The quantitative estimate of drug-likeness (QED) is 0.757. The second-order valence-corrected chi connectivity index (χ2v) is 4.00. The first kappa shape index (κ1) is 12.0. The minimum atomic E-state index is -0.871. The largest absolute Gasteiger partial charge is 0.477 e. The third-order valence-electron chi connectivity index (χ3n) is 2.01. The van der Waals surface area contributed by atoms with Crippen molar-refractivity contribution in [3.05, 3.63) is 16.3 Å². The van der Waals surface area contributed by atoms with Crippen molar-refractivity contribution in [1.29, 1.82) is 0 Å². The zero-order valence-electron chi connectivity index (χ0n) is 8.90. The molecule has 0 radical (unpaired) electrons. The van der Waals surface area contributed by atoms with Crippen LogP contribution in [0.25, 0.3) is 0 Å². The van der Waals surface area contributed by atoms with E-state index in [4.69, 9.17) is 9.84 Å². The fourth-order valence-corrected chi connectivity index (χ4v) is 1.90. The molecule has 15 heavy (non-hydrogen) atoms. The lowest BCUT2D eigenvalue weighted by atomic mass is 10.4. The topological polar surface area (TPSA) is 49.8 Å². The van der Waals surface area contributed by atoms with Crippen molar-refractivity contribution < 1.29 is 14.6 Å². The summed E-state index contributed by atoms with van der Waals surface area (Å²) in [4.78, 5) is 13.0. The summed E-state index contributed by atoms with van der Waals surface area (Å²) >= 11 is 1.24. The molecule has 0 unspecified atom stereocenters. The summed E-state index contributed by atoms with van der Waals surface area (Å²) in [5, 5.41) is 10.6. The molecular formula is C10H15NO3S. The molecule has 1 aromatic heterocycles. The summed E-state index contributed by atoms with van der Waals surface area (Å²) in [6.45, 7) is 4.08. The average molecular weight is 229 g/mol. The van der Waals surface area contributed by atoms with Crippen LogP contribution in [0.5, 0.6) is 0 Å². The summed E-state index contributed by atoms with van der Waals surface area (Å²) < 4.78 is 5.23. The van der Waals surface area contributed by atoms with E-state index in [0.29, 0.717) is 18.1 Å². The molecule has 0 saturated heterocycles. The van der Waals surface area contributed by atoms with E-state index in [1.165, 1.54) is 11.3 Å². The van der Waals surface area contributed by atoms with E-state index in [1.807, 2.05) is 24.3 Å². The number of ether oxygens (including phenoxy) is 1. The lowest BCUT2D eigenvalue weighted by Crippen LogP contribution is -2.21. The van der Waals surface area contributed by atoms with Gasteiger partial charge in [-0.05, 0) is 13.0 Å². The van der Waals surface area contributed by atoms with Crippen LogP contribution in [-0.2, 0) is 4.74 Å². The monoisotopic (exact) mass is 229 g/mol. The van der Waals surface area contributed by atoms with Crippen molar-refractivity contribution in [3.8, 4) is 0 Å². The van der Waals surface area contributed by atoms with Crippen molar-refractivity contribution in [2.45, 2.75) is 6.92 Å². The number of thiophene rings is 1. The molecule has 1 heterocycles. The highest BCUT2D eigenvalue weighted by Gasteiger charge is 2.09. The third kappa shape index (κ3) is 3.53. The lowest BCUT2D eigenvalue weighted by Gasteiger charge is -2.16. The van der Waals surface area contributed by atoms with Crippen LogP contribution in [0.4, 0.5) is 5.69 Å². The Labute approximate surface area is 93.1 Å². The lowest BCUT2D eigenvalue weighted by molar-refractivity contribution is 0.0702. The molecule has 0 bridgehead atoms. The fourth-order valence-electron chi connectivity index (χ4n) is 1.11. The van der Waals surface area contributed by atoms with Crippen LogP contribution < -0.4 is 4.90 Å². The third-order valence-corrected chi connectivity index (χ3v) is 2.92. The molecule has 0 aliphatic carbocycles. The van der Waals surface area contributed by atoms with Gasteiger partial charge in [-0.2, -0.15) is 0 Å². The first-order valence-electron chi connectivity index (χ1n) is 4.76. The Morgan fingerprint density at radius 3 is 2.93 bits per heavy atom. The maximum absolute atomic E-state index is 10.7. The number of rotatable bonds is 6. The average Bonchev–Trinajstić information content (AvgIpc) is 2.66. The highest BCUT2D eigenvalue weighted by molar-refractivity contribution is 7.12. The second kappa shape index (κ2) is 5.72. The Morgan fingerprint density at radius 1 is 1.67 bits per heavy atom. The van der Waals surface area contributed by atoms with Crippen molar-refractivity contribution in [1.82, 2.24) is 0 Å². The number of carboxylic acid groups (broad SMARTS) is 1. The van der Waals surface area contributed by atoms with Gasteiger partial charge in [0, 0.05) is 31.3 Å². The Kier molecular flexibility index (Phi) is 4.58. The van der Waals surface area contributed by atoms with Crippen molar-refractivity contribution in [3.63, 3.8) is 0 Å². The van der Waals surface area contributed by atoms with E-state index in [9.17, 15) is 4.79 Å². The molecule has 0 fully saturated rings. The van der Waals surface area contributed by atoms with E-state index in [1.54, 1.807) is 6.07 Å². The standard InChI is InChI=1S/C10H15NO3S/c1-3-14-5-4-11(2)8-6-9(10(12)13)15-7-8/h6-7H,3-5H2,1-2H3,(H,12,13). The fraction of sp³-hybridized carbons (Fsp3) is 0.500. The van der Waals surface area contributed by atoms with E-state index >= 15 is 0 Å². The molecule has 0 aliphatic heterocycles. The van der Waals surface area contributed by atoms with Crippen LogP contribution in [-0.4, -0.2) is 37.9 Å². The number of aromatic carboxylic acids is 1. The smallest absolute Gasteiger partial charge is 0.345 e. The van der Waals surface area contributed by atoms with Gasteiger partial charge in [-0.15, -0.1) is 11.3 Å². The minimum absolute atomic E-state index is 0.369. The van der Waals surface area contributed by atoms with E-state index in [2.05, 4.69) is 0 Å². The predicted octanol–water partition coefficient (Wildman–Crippen LogP) is 1.92. The van der Waals surface area contributed by atoms with E-state index < -0.39 is 5.97 Å². The van der Waals surface area contributed by atoms with Gasteiger partial charge in [0.05, 0.1) is 6.61 Å². The van der Waals surface area contributed by atoms with E-state index in [-0.39, 0.29) is 0 Å². The maximum atomic E-state index is 10.7. The van der Waals surface area contributed by atoms with Gasteiger partial charge >= 0.3 is 5.97 Å².